The molecule has 2 N–H and O–H groups in total. The second-order valence-electron chi connectivity index (χ2n) is 7.52. The molecular formula is C25H21N3O3. The van der Waals surface area contributed by atoms with Crippen molar-refractivity contribution in [3.63, 3.8) is 0 Å². The first-order chi connectivity index (χ1) is 15.1. The van der Waals surface area contributed by atoms with E-state index in [1.54, 1.807) is 16.4 Å². The lowest BCUT2D eigenvalue weighted by molar-refractivity contribution is -0.131. The minimum absolute atomic E-state index is 0.000760. The molecule has 31 heavy (non-hydrogen) atoms. The fourth-order valence-electron chi connectivity index (χ4n) is 3.91. The number of nitrogens with zero attached hydrogens (tertiary/aromatic N) is 2. The topological polar surface area (TPSA) is 93.4 Å². The molecule has 0 spiro atoms. The van der Waals surface area contributed by atoms with Gasteiger partial charge in [-0.05, 0) is 46.4 Å². The Kier molecular flexibility index (Phi) is 5.78. The van der Waals surface area contributed by atoms with Gasteiger partial charge in [0.2, 0.25) is 5.91 Å². The van der Waals surface area contributed by atoms with Gasteiger partial charge < -0.3 is 4.90 Å². The van der Waals surface area contributed by atoms with Crippen molar-refractivity contribution in [3.05, 3.63) is 94.5 Å². The van der Waals surface area contributed by atoms with Crippen molar-refractivity contribution in [2.45, 2.75) is 19.4 Å². The number of carbonyl (C=O) groups is 2. The van der Waals surface area contributed by atoms with Gasteiger partial charge in [0.1, 0.15) is 0 Å². The van der Waals surface area contributed by atoms with Crippen molar-refractivity contribution >= 4 is 11.8 Å². The van der Waals surface area contributed by atoms with E-state index in [2.05, 4.69) is 6.07 Å². The molecule has 2 amide bonds. The standard InChI is InChI=1S/C25H21N3O3/c26-15-22-14-21(25(30)27-31)13-20-10-11-28(16-23(20)22)24(29)12-17-6-8-19(9-7-17)18-4-2-1-3-5-18/h1-9,13-14,31H,10-12,16H2,(H,27,30). The third kappa shape index (κ3) is 4.32. The van der Waals surface area contributed by atoms with Crippen LogP contribution in [0, 0.1) is 11.3 Å². The number of benzene rings is 3. The fraction of sp³-hybridized carbons (Fsp3) is 0.160. The first-order valence-electron chi connectivity index (χ1n) is 10.0. The lowest BCUT2D eigenvalue weighted by atomic mass is 9.92. The second kappa shape index (κ2) is 8.82. The third-order valence-electron chi connectivity index (χ3n) is 5.60. The monoisotopic (exact) mass is 411 g/mol. The molecule has 6 heteroatoms. The van der Waals surface area contributed by atoms with E-state index >= 15 is 0 Å². The Bertz CT molecular complexity index is 1170. The Morgan fingerprint density at radius 3 is 2.42 bits per heavy atom. The van der Waals surface area contributed by atoms with Crippen molar-refractivity contribution in [3.8, 4) is 17.2 Å². The van der Waals surface area contributed by atoms with E-state index in [1.165, 1.54) is 6.07 Å². The van der Waals surface area contributed by atoms with E-state index in [0.717, 1.165) is 27.8 Å². The highest BCUT2D eigenvalue weighted by molar-refractivity contribution is 5.94. The third-order valence-corrected chi connectivity index (χ3v) is 5.60. The number of carbonyl (C=O) groups excluding carboxylic acids is 2. The zero-order valence-electron chi connectivity index (χ0n) is 16.8. The van der Waals surface area contributed by atoms with Crippen LogP contribution in [0.5, 0.6) is 0 Å². The smallest absolute Gasteiger partial charge is 0.274 e. The van der Waals surface area contributed by atoms with Crippen molar-refractivity contribution < 1.29 is 14.8 Å². The van der Waals surface area contributed by atoms with Gasteiger partial charge in [0.15, 0.2) is 0 Å². The normalized spacial score (nSPS) is 12.6. The SMILES string of the molecule is N#Cc1cc(C(=O)NO)cc2c1CN(C(=O)Cc1ccc(-c3ccccc3)cc1)CC2. The minimum Gasteiger partial charge on any atom is -0.338 e. The van der Waals surface area contributed by atoms with Gasteiger partial charge >= 0.3 is 0 Å². The molecule has 6 nitrogen and oxygen atoms in total. The van der Waals surface area contributed by atoms with Crippen molar-refractivity contribution in [1.82, 2.24) is 10.4 Å². The lowest BCUT2D eigenvalue weighted by Gasteiger charge is -2.30. The number of hydrogen-bond donors (Lipinski definition) is 2. The zero-order valence-corrected chi connectivity index (χ0v) is 16.8. The summed E-state index contributed by atoms with van der Waals surface area (Å²) >= 11 is 0. The molecule has 0 aromatic heterocycles. The summed E-state index contributed by atoms with van der Waals surface area (Å²) in [4.78, 5) is 26.4. The Morgan fingerprint density at radius 1 is 1.03 bits per heavy atom. The van der Waals surface area contributed by atoms with Crippen molar-refractivity contribution in [2.75, 3.05) is 6.54 Å². The number of rotatable bonds is 4. The van der Waals surface area contributed by atoms with E-state index in [4.69, 9.17) is 5.21 Å². The number of hydrogen-bond acceptors (Lipinski definition) is 4. The molecule has 3 aromatic rings. The average molecular weight is 411 g/mol. The van der Waals surface area contributed by atoms with Gasteiger partial charge in [-0.15, -0.1) is 0 Å². The van der Waals surface area contributed by atoms with E-state index in [9.17, 15) is 14.9 Å². The van der Waals surface area contributed by atoms with E-state index in [-0.39, 0.29) is 17.9 Å². The van der Waals surface area contributed by atoms with Gasteiger partial charge in [-0.1, -0.05) is 54.6 Å². The van der Waals surface area contributed by atoms with Gasteiger partial charge in [0, 0.05) is 18.7 Å². The van der Waals surface area contributed by atoms with Gasteiger partial charge in [0.05, 0.1) is 18.1 Å². The van der Waals surface area contributed by atoms with Crippen LogP contribution in [0.3, 0.4) is 0 Å². The van der Waals surface area contributed by atoms with Gasteiger partial charge in [-0.3, -0.25) is 14.8 Å². The molecule has 154 valence electrons. The molecule has 0 aliphatic carbocycles. The van der Waals surface area contributed by atoms with Crippen LogP contribution in [0.25, 0.3) is 11.1 Å². The summed E-state index contributed by atoms with van der Waals surface area (Å²) in [5, 5.41) is 18.4. The molecule has 0 saturated heterocycles. The average Bonchev–Trinajstić information content (AvgIpc) is 2.83. The summed E-state index contributed by atoms with van der Waals surface area (Å²) in [5.41, 5.74) is 6.96. The molecule has 0 radical (unpaired) electrons. The maximum atomic E-state index is 12.9. The summed E-state index contributed by atoms with van der Waals surface area (Å²) in [6, 6.07) is 23.3. The highest BCUT2D eigenvalue weighted by atomic mass is 16.5. The second-order valence-corrected chi connectivity index (χ2v) is 7.52. The predicted octanol–water partition coefficient (Wildman–Crippen LogP) is 3.47. The maximum Gasteiger partial charge on any atom is 0.274 e. The number of nitrogens with one attached hydrogen (secondary N) is 1. The van der Waals surface area contributed by atoms with Crippen LogP contribution in [-0.2, 0) is 24.2 Å². The van der Waals surface area contributed by atoms with Crippen LogP contribution >= 0.6 is 0 Å². The first kappa shape index (κ1) is 20.3. The highest BCUT2D eigenvalue weighted by Crippen LogP contribution is 2.25. The molecule has 0 unspecified atom stereocenters. The quantitative estimate of drug-likeness (QED) is 0.508. The van der Waals surface area contributed by atoms with Gasteiger partial charge in [-0.2, -0.15) is 5.26 Å². The van der Waals surface area contributed by atoms with E-state index in [1.807, 2.05) is 54.6 Å². The number of hydroxylamine groups is 1. The van der Waals surface area contributed by atoms with Crippen LogP contribution < -0.4 is 5.48 Å². The molecule has 0 fully saturated rings. The number of nitriles is 1. The highest BCUT2D eigenvalue weighted by Gasteiger charge is 2.24. The number of amides is 2. The van der Waals surface area contributed by atoms with Crippen LogP contribution in [0.15, 0.2) is 66.7 Å². The molecular weight excluding hydrogens is 390 g/mol. The minimum atomic E-state index is -0.656. The Hall–Kier alpha value is -3.95. The van der Waals surface area contributed by atoms with Crippen molar-refractivity contribution in [2.24, 2.45) is 0 Å². The maximum absolute atomic E-state index is 12.9. The Labute approximate surface area is 180 Å². The predicted molar refractivity (Wildman–Crippen MR) is 115 cm³/mol. The largest absolute Gasteiger partial charge is 0.338 e. The summed E-state index contributed by atoms with van der Waals surface area (Å²) in [5.74, 6) is -0.657. The van der Waals surface area contributed by atoms with E-state index < -0.39 is 5.91 Å². The lowest BCUT2D eigenvalue weighted by Crippen LogP contribution is -2.37. The first-order valence-corrected chi connectivity index (χ1v) is 10.0. The van der Waals surface area contributed by atoms with Crippen LogP contribution in [0.1, 0.15) is 32.6 Å². The number of fused-ring (bicyclic) bond motifs is 1. The van der Waals surface area contributed by atoms with Crippen molar-refractivity contribution in [1.29, 1.82) is 5.26 Å². The van der Waals surface area contributed by atoms with Gasteiger partial charge in [0.25, 0.3) is 5.91 Å². The summed E-state index contributed by atoms with van der Waals surface area (Å²) < 4.78 is 0. The van der Waals surface area contributed by atoms with Crippen LogP contribution in [-0.4, -0.2) is 28.5 Å². The Balaban J connectivity index is 1.48. The van der Waals surface area contributed by atoms with Crippen LogP contribution in [0.4, 0.5) is 0 Å². The van der Waals surface area contributed by atoms with E-state index in [0.29, 0.717) is 25.1 Å². The summed E-state index contributed by atoms with van der Waals surface area (Å²) in [6.07, 6.45) is 0.840. The molecule has 0 bridgehead atoms. The molecule has 0 saturated carbocycles. The zero-order chi connectivity index (χ0) is 21.8. The Morgan fingerprint density at radius 2 is 1.74 bits per heavy atom. The molecule has 0 atom stereocenters. The molecule has 3 aromatic carbocycles. The fourth-order valence-corrected chi connectivity index (χ4v) is 3.91. The molecule has 1 heterocycles. The molecule has 1 aliphatic rings. The molecule has 4 rings (SSSR count). The van der Waals surface area contributed by atoms with Crippen LogP contribution in [0.2, 0.25) is 0 Å². The van der Waals surface area contributed by atoms with Gasteiger partial charge in [-0.25, -0.2) is 5.48 Å². The molecule has 1 aliphatic heterocycles. The summed E-state index contributed by atoms with van der Waals surface area (Å²) in [6.45, 7) is 0.850. The summed E-state index contributed by atoms with van der Waals surface area (Å²) in [7, 11) is 0.